The Kier molecular flexibility index (Phi) is 5.96. The summed E-state index contributed by atoms with van der Waals surface area (Å²) >= 11 is 11.9. The third-order valence-electron chi connectivity index (χ3n) is 2.44. The summed E-state index contributed by atoms with van der Waals surface area (Å²) in [5, 5.41) is 1.12. The molecule has 0 saturated carbocycles. The molecule has 0 amide bonds. The van der Waals surface area contributed by atoms with E-state index < -0.39 is 0 Å². The van der Waals surface area contributed by atoms with E-state index >= 15 is 0 Å². The zero-order valence-corrected chi connectivity index (χ0v) is 11.5. The van der Waals surface area contributed by atoms with Gasteiger partial charge in [-0.2, -0.15) is 0 Å². The summed E-state index contributed by atoms with van der Waals surface area (Å²) in [6, 6.07) is 5.53. The summed E-state index contributed by atoms with van der Waals surface area (Å²) in [7, 11) is 0. The Balaban J connectivity index is 0.00000144. The molecule has 1 aliphatic heterocycles. The van der Waals surface area contributed by atoms with Crippen molar-refractivity contribution in [2.45, 2.75) is 12.8 Å². The first-order valence-electron chi connectivity index (χ1n) is 5.23. The van der Waals surface area contributed by atoms with Crippen molar-refractivity contribution in [1.29, 1.82) is 0 Å². The first-order chi connectivity index (χ1) is 7.77. The minimum Gasteiger partial charge on any atom is -0.292 e. The van der Waals surface area contributed by atoms with E-state index in [1.54, 1.807) is 12.3 Å². The molecule has 0 saturated heterocycles. The molecule has 0 atom stereocenters. The number of rotatable bonds is 3. The summed E-state index contributed by atoms with van der Waals surface area (Å²) in [6.45, 7) is 1.62. The van der Waals surface area contributed by atoms with Crippen LogP contribution in [0.2, 0.25) is 10.0 Å². The van der Waals surface area contributed by atoms with Crippen LogP contribution in [-0.4, -0.2) is 25.0 Å². The number of nitrogens with zero attached hydrogens (tertiary/aromatic N) is 2. The molecule has 1 aliphatic rings. The van der Waals surface area contributed by atoms with Gasteiger partial charge in [0.25, 0.3) is 0 Å². The van der Waals surface area contributed by atoms with E-state index in [2.05, 4.69) is 9.98 Å². The van der Waals surface area contributed by atoms with Gasteiger partial charge in [0.1, 0.15) is 0 Å². The van der Waals surface area contributed by atoms with Gasteiger partial charge in [-0.25, -0.2) is 0 Å². The fraction of sp³-hybridized carbons (Fsp3) is 0.333. The Morgan fingerprint density at radius 3 is 2.88 bits per heavy atom. The number of benzene rings is 1. The van der Waals surface area contributed by atoms with Crippen molar-refractivity contribution >= 4 is 47.5 Å². The highest BCUT2D eigenvalue weighted by atomic mass is 35.5. The van der Waals surface area contributed by atoms with Crippen molar-refractivity contribution in [3.8, 4) is 0 Å². The molecule has 0 spiro atoms. The molecule has 0 N–H and O–H groups in total. The van der Waals surface area contributed by atoms with E-state index in [0.29, 0.717) is 16.6 Å². The van der Waals surface area contributed by atoms with Gasteiger partial charge in [-0.15, -0.1) is 12.4 Å². The zero-order valence-electron chi connectivity index (χ0n) is 9.20. The molecule has 0 aliphatic carbocycles. The predicted molar refractivity (Wildman–Crippen MR) is 77.7 cm³/mol. The second-order valence-corrected chi connectivity index (χ2v) is 4.45. The maximum atomic E-state index is 6.04. The lowest BCUT2D eigenvalue weighted by Crippen LogP contribution is -1.98. The standard InChI is InChI=1S/C12H12Cl2N2.ClH/c13-11-5-1-3-9(12(11)14)7-15-8-10-4-2-6-16-10;/h1,3,5,7H,2,4,6,8H2;1H. The van der Waals surface area contributed by atoms with Crippen molar-refractivity contribution in [2.24, 2.45) is 9.98 Å². The maximum Gasteiger partial charge on any atom is 0.0768 e. The fourth-order valence-corrected chi connectivity index (χ4v) is 1.95. The molecule has 0 radical (unpaired) electrons. The van der Waals surface area contributed by atoms with E-state index in [4.69, 9.17) is 23.2 Å². The highest BCUT2D eigenvalue weighted by Crippen LogP contribution is 2.24. The topological polar surface area (TPSA) is 24.7 Å². The smallest absolute Gasteiger partial charge is 0.0768 e. The van der Waals surface area contributed by atoms with Crippen LogP contribution in [-0.2, 0) is 0 Å². The molecule has 0 aromatic heterocycles. The normalized spacial score (nSPS) is 14.8. The lowest BCUT2D eigenvalue weighted by atomic mass is 10.2. The SMILES string of the molecule is Cl.Clc1cccc(C=NCC2=NCCC2)c1Cl. The summed E-state index contributed by atoms with van der Waals surface area (Å²) in [5.74, 6) is 0. The van der Waals surface area contributed by atoms with Gasteiger partial charge in [-0.05, 0) is 18.9 Å². The fourth-order valence-electron chi connectivity index (χ4n) is 1.60. The van der Waals surface area contributed by atoms with E-state index in [0.717, 1.165) is 24.9 Å². The van der Waals surface area contributed by atoms with Crippen LogP contribution in [0, 0.1) is 0 Å². The zero-order chi connectivity index (χ0) is 11.4. The molecule has 92 valence electrons. The van der Waals surface area contributed by atoms with Gasteiger partial charge in [0.15, 0.2) is 0 Å². The predicted octanol–water partition coefficient (Wildman–Crippen LogP) is 4.07. The van der Waals surface area contributed by atoms with Crippen LogP contribution < -0.4 is 0 Å². The molecule has 2 rings (SSSR count). The summed E-state index contributed by atoms with van der Waals surface area (Å²) in [6.07, 6.45) is 3.98. The lowest BCUT2D eigenvalue weighted by molar-refractivity contribution is 0.949. The Hall–Kier alpha value is -0.570. The third-order valence-corrected chi connectivity index (χ3v) is 3.28. The molecule has 5 heteroatoms. The number of hydrogen-bond donors (Lipinski definition) is 0. The number of halogens is 3. The van der Waals surface area contributed by atoms with Crippen molar-refractivity contribution in [2.75, 3.05) is 13.1 Å². The minimum absolute atomic E-state index is 0. The molecular weight excluding hydrogens is 279 g/mol. The summed E-state index contributed by atoms with van der Waals surface area (Å²) in [5.41, 5.74) is 2.03. The Morgan fingerprint density at radius 1 is 1.35 bits per heavy atom. The van der Waals surface area contributed by atoms with Crippen molar-refractivity contribution in [1.82, 2.24) is 0 Å². The van der Waals surface area contributed by atoms with Crippen LogP contribution in [0.4, 0.5) is 0 Å². The van der Waals surface area contributed by atoms with Gasteiger partial charge in [0, 0.05) is 24.0 Å². The summed E-state index contributed by atoms with van der Waals surface area (Å²) in [4.78, 5) is 8.68. The van der Waals surface area contributed by atoms with Crippen LogP contribution in [0.3, 0.4) is 0 Å². The van der Waals surface area contributed by atoms with Gasteiger partial charge in [-0.3, -0.25) is 9.98 Å². The van der Waals surface area contributed by atoms with Crippen LogP contribution in [0.15, 0.2) is 28.2 Å². The first-order valence-corrected chi connectivity index (χ1v) is 5.99. The van der Waals surface area contributed by atoms with Gasteiger partial charge >= 0.3 is 0 Å². The van der Waals surface area contributed by atoms with E-state index in [1.807, 2.05) is 12.1 Å². The highest BCUT2D eigenvalue weighted by Gasteiger charge is 2.05. The van der Waals surface area contributed by atoms with Gasteiger partial charge in [-0.1, -0.05) is 35.3 Å². The molecule has 0 bridgehead atoms. The van der Waals surface area contributed by atoms with Crippen LogP contribution in [0.1, 0.15) is 18.4 Å². The molecule has 2 nitrogen and oxygen atoms in total. The average molecular weight is 292 g/mol. The number of aliphatic imine (C=N–C) groups is 2. The van der Waals surface area contributed by atoms with Crippen LogP contribution in [0.5, 0.6) is 0 Å². The molecule has 0 fully saturated rings. The largest absolute Gasteiger partial charge is 0.292 e. The van der Waals surface area contributed by atoms with E-state index in [9.17, 15) is 0 Å². The minimum atomic E-state index is 0. The van der Waals surface area contributed by atoms with Crippen molar-refractivity contribution in [3.05, 3.63) is 33.8 Å². The van der Waals surface area contributed by atoms with Crippen molar-refractivity contribution in [3.63, 3.8) is 0 Å². The van der Waals surface area contributed by atoms with E-state index in [1.165, 1.54) is 5.71 Å². The highest BCUT2D eigenvalue weighted by molar-refractivity contribution is 6.43. The Bertz CT molecular complexity index is 441. The second-order valence-electron chi connectivity index (χ2n) is 3.66. The molecule has 1 aromatic rings. The lowest BCUT2D eigenvalue weighted by Gasteiger charge is -1.99. The van der Waals surface area contributed by atoms with Crippen LogP contribution in [0.25, 0.3) is 0 Å². The quantitative estimate of drug-likeness (QED) is 0.750. The molecule has 1 aromatic carbocycles. The van der Waals surface area contributed by atoms with Crippen molar-refractivity contribution < 1.29 is 0 Å². The maximum absolute atomic E-state index is 6.04. The monoisotopic (exact) mass is 290 g/mol. The number of hydrogen-bond acceptors (Lipinski definition) is 2. The molecule has 17 heavy (non-hydrogen) atoms. The Labute approximate surface area is 117 Å². The molecular formula is C12H13Cl3N2. The molecule has 0 unspecified atom stereocenters. The van der Waals surface area contributed by atoms with Gasteiger partial charge in [0.2, 0.25) is 0 Å². The molecule has 1 heterocycles. The Morgan fingerprint density at radius 2 is 2.18 bits per heavy atom. The first kappa shape index (κ1) is 14.5. The van der Waals surface area contributed by atoms with Gasteiger partial charge < -0.3 is 0 Å². The average Bonchev–Trinajstić information content (AvgIpc) is 2.77. The second kappa shape index (κ2) is 7.00. The summed E-state index contributed by atoms with van der Waals surface area (Å²) < 4.78 is 0. The third kappa shape index (κ3) is 3.98. The van der Waals surface area contributed by atoms with Crippen LogP contribution >= 0.6 is 35.6 Å². The van der Waals surface area contributed by atoms with Gasteiger partial charge in [0.05, 0.1) is 16.6 Å². The van der Waals surface area contributed by atoms with E-state index in [-0.39, 0.29) is 12.4 Å².